The van der Waals surface area contributed by atoms with Gasteiger partial charge in [0.15, 0.2) is 5.76 Å². The van der Waals surface area contributed by atoms with Gasteiger partial charge in [0.1, 0.15) is 11.4 Å². The number of carbonyl (C=O) groups is 1. The molecule has 0 atom stereocenters. The average Bonchev–Trinajstić information content (AvgIpc) is 2.94. The fraction of sp³-hybridized carbons (Fsp3) is 0.0909. The van der Waals surface area contributed by atoms with E-state index in [1.807, 2.05) is 0 Å². The molecule has 0 aliphatic carbocycles. The van der Waals surface area contributed by atoms with Crippen molar-refractivity contribution in [1.82, 2.24) is 14.0 Å². The Labute approximate surface area is 95.7 Å². The summed E-state index contributed by atoms with van der Waals surface area (Å²) < 4.78 is 8.43. The third kappa shape index (κ3) is 1.34. The summed E-state index contributed by atoms with van der Waals surface area (Å²) >= 11 is 0. The highest BCUT2D eigenvalue weighted by Gasteiger charge is 2.15. The van der Waals surface area contributed by atoms with Gasteiger partial charge in [0.05, 0.1) is 6.26 Å². The zero-order valence-electron chi connectivity index (χ0n) is 8.99. The van der Waals surface area contributed by atoms with E-state index in [0.29, 0.717) is 17.2 Å². The molecule has 0 amide bonds. The van der Waals surface area contributed by atoms with Gasteiger partial charge in [-0.3, -0.25) is 4.40 Å². The highest BCUT2D eigenvalue weighted by atomic mass is 16.4. The van der Waals surface area contributed by atoms with Gasteiger partial charge >= 0.3 is 5.97 Å². The number of nitrogens with zero attached hydrogens (tertiary/aromatic N) is 3. The Balaban J connectivity index is 2.19. The lowest BCUT2D eigenvalue weighted by atomic mass is 10.3. The van der Waals surface area contributed by atoms with E-state index in [1.165, 1.54) is 10.8 Å². The molecule has 0 spiro atoms. The number of hydrogen-bond donors (Lipinski definition) is 1. The van der Waals surface area contributed by atoms with Crippen molar-refractivity contribution in [3.63, 3.8) is 0 Å². The zero-order chi connectivity index (χ0) is 12.0. The molecule has 3 aromatic rings. The van der Waals surface area contributed by atoms with Gasteiger partial charge in [-0.1, -0.05) is 0 Å². The largest absolute Gasteiger partial charge is 0.477 e. The molecule has 3 rings (SSSR count). The van der Waals surface area contributed by atoms with Crippen molar-refractivity contribution >= 4 is 11.7 Å². The maximum Gasteiger partial charge on any atom is 0.354 e. The summed E-state index contributed by atoms with van der Waals surface area (Å²) in [6, 6.07) is 3.59. The van der Waals surface area contributed by atoms with Crippen LogP contribution in [0.4, 0.5) is 0 Å². The second-order valence-electron chi connectivity index (χ2n) is 3.69. The molecule has 0 radical (unpaired) electrons. The maximum absolute atomic E-state index is 10.9. The third-order valence-corrected chi connectivity index (χ3v) is 2.63. The molecule has 0 saturated carbocycles. The van der Waals surface area contributed by atoms with Crippen molar-refractivity contribution in [3.05, 3.63) is 36.5 Å². The molecule has 6 nitrogen and oxygen atoms in total. The van der Waals surface area contributed by atoms with Crippen molar-refractivity contribution in [2.45, 2.75) is 0 Å². The van der Waals surface area contributed by atoms with Crippen molar-refractivity contribution in [2.24, 2.45) is 7.05 Å². The molecule has 0 saturated heterocycles. The second kappa shape index (κ2) is 3.24. The standard InChI is InChI=1S/C11H9N3O3/c1-13-8(10(15)16)6-14-5-7(12-11(13)14)9-3-2-4-17-9/h2-6H,1H3,(H,15,16). The quantitative estimate of drug-likeness (QED) is 0.727. The fourth-order valence-corrected chi connectivity index (χ4v) is 1.79. The minimum Gasteiger partial charge on any atom is -0.477 e. The summed E-state index contributed by atoms with van der Waals surface area (Å²) in [6.45, 7) is 0. The van der Waals surface area contributed by atoms with Crippen LogP contribution in [0, 0.1) is 0 Å². The molecular weight excluding hydrogens is 222 g/mol. The van der Waals surface area contributed by atoms with Crippen LogP contribution in [0.1, 0.15) is 10.5 Å². The highest BCUT2D eigenvalue weighted by molar-refractivity contribution is 5.86. The first-order valence-corrected chi connectivity index (χ1v) is 4.98. The van der Waals surface area contributed by atoms with Crippen LogP contribution in [0.5, 0.6) is 0 Å². The molecular formula is C11H9N3O3. The fourth-order valence-electron chi connectivity index (χ4n) is 1.79. The van der Waals surface area contributed by atoms with Crippen LogP contribution in [0.25, 0.3) is 17.2 Å². The number of aromatic nitrogens is 3. The molecule has 1 N–H and O–H groups in total. The van der Waals surface area contributed by atoms with E-state index in [9.17, 15) is 4.79 Å². The van der Waals surface area contributed by atoms with Crippen molar-refractivity contribution in [3.8, 4) is 11.5 Å². The number of rotatable bonds is 2. The topological polar surface area (TPSA) is 72.7 Å². The molecule has 86 valence electrons. The SMILES string of the molecule is Cn1c(C(=O)O)cn2cc(-c3ccco3)nc12. The summed E-state index contributed by atoms with van der Waals surface area (Å²) in [4.78, 5) is 15.2. The van der Waals surface area contributed by atoms with Crippen LogP contribution < -0.4 is 0 Å². The lowest BCUT2D eigenvalue weighted by Gasteiger charge is -1.94. The number of aromatic carboxylic acids is 1. The molecule has 3 aromatic heterocycles. The minimum atomic E-state index is -0.974. The summed E-state index contributed by atoms with van der Waals surface area (Å²) in [5.41, 5.74) is 0.871. The predicted molar refractivity (Wildman–Crippen MR) is 58.8 cm³/mol. The molecule has 0 aromatic carbocycles. The maximum atomic E-state index is 10.9. The van der Waals surface area contributed by atoms with E-state index in [1.54, 1.807) is 36.0 Å². The number of carboxylic acid groups (broad SMARTS) is 1. The molecule has 0 bridgehead atoms. The molecule has 0 aliphatic heterocycles. The highest BCUT2D eigenvalue weighted by Crippen LogP contribution is 2.20. The summed E-state index contributed by atoms with van der Waals surface area (Å²) in [5.74, 6) is 0.247. The summed E-state index contributed by atoms with van der Waals surface area (Å²) in [5, 5.41) is 8.96. The molecule has 0 unspecified atom stereocenters. The van der Waals surface area contributed by atoms with Gasteiger partial charge in [0.2, 0.25) is 5.78 Å². The Morgan fingerprint density at radius 1 is 1.47 bits per heavy atom. The molecule has 6 heteroatoms. The first-order chi connectivity index (χ1) is 8.16. The van der Waals surface area contributed by atoms with E-state index in [4.69, 9.17) is 9.52 Å². The van der Waals surface area contributed by atoms with Gasteiger partial charge in [-0.25, -0.2) is 9.78 Å². The summed E-state index contributed by atoms with van der Waals surface area (Å²) in [6.07, 6.45) is 4.83. The lowest BCUT2D eigenvalue weighted by molar-refractivity contribution is 0.0687. The average molecular weight is 231 g/mol. The van der Waals surface area contributed by atoms with Crippen molar-refractivity contribution in [2.75, 3.05) is 0 Å². The monoisotopic (exact) mass is 231 g/mol. The lowest BCUT2D eigenvalue weighted by Crippen LogP contribution is -2.04. The van der Waals surface area contributed by atoms with Gasteiger partial charge in [-0.2, -0.15) is 0 Å². The Morgan fingerprint density at radius 2 is 2.29 bits per heavy atom. The van der Waals surface area contributed by atoms with Crippen LogP contribution in [0.3, 0.4) is 0 Å². The molecule has 3 heterocycles. The van der Waals surface area contributed by atoms with Gasteiger partial charge < -0.3 is 14.1 Å². The first-order valence-electron chi connectivity index (χ1n) is 4.98. The first kappa shape index (κ1) is 9.71. The predicted octanol–water partition coefficient (Wildman–Crippen LogP) is 1.63. The van der Waals surface area contributed by atoms with E-state index >= 15 is 0 Å². The molecule has 0 aliphatic rings. The van der Waals surface area contributed by atoms with Gasteiger partial charge in [0.25, 0.3) is 0 Å². The number of fused-ring (bicyclic) bond motifs is 1. The molecule has 0 fully saturated rings. The van der Waals surface area contributed by atoms with Crippen molar-refractivity contribution < 1.29 is 14.3 Å². The van der Waals surface area contributed by atoms with E-state index in [-0.39, 0.29) is 5.69 Å². The van der Waals surface area contributed by atoms with Gasteiger partial charge in [0, 0.05) is 19.4 Å². The number of furan rings is 1. The Hall–Kier alpha value is -2.50. The van der Waals surface area contributed by atoms with Crippen LogP contribution in [-0.4, -0.2) is 25.0 Å². The Bertz CT molecular complexity index is 691. The van der Waals surface area contributed by atoms with Crippen LogP contribution in [0.2, 0.25) is 0 Å². The number of aryl methyl sites for hydroxylation is 1. The Kier molecular flexibility index (Phi) is 1.85. The zero-order valence-corrected chi connectivity index (χ0v) is 8.99. The van der Waals surface area contributed by atoms with Crippen LogP contribution >= 0.6 is 0 Å². The van der Waals surface area contributed by atoms with Gasteiger partial charge in [-0.05, 0) is 12.1 Å². The number of carboxylic acids is 1. The normalized spacial score (nSPS) is 11.1. The van der Waals surface area contributed by atoms with E-state index in [0.717, 1.165) is 0 Å². The second-order valence-corrected chi connectivity index (χ2v) is 3.69. The Morgan fingerprint density at radius 3 is 2.88 bits per heavy atom. The smallest absolute Gasteiger partial charge is 0.354 e. The van der Waals surface area contributed by atoms with Crippen LogP contribution in [0.15, 0.2) is 35.2 Å². The number of hydrogen-bond acceptors (Lipinski definition) is 3. The van der Waals surface area contributed by atoms with Crippen molar-refractivity contribution in [1.29, 1.82) is 0 Å². The number of imidazole rings is 2. The molecule has 17 heavy (non-hydrogen) atoms. The van der Waals surface area contributed by atoms with Crippen LogP contribution in [-0.2, 0) is 7.05 Å². The van der Waals surface area contributed by atoms with Gasteiger partial charge in [-0.15, -0.1) is 0 Å². The van der Waals surface area contributed by atoms with E-state index < -0.39 is 5.97 Å². The summed E-state index contributed by atoms with van der Waals surface area (Å²) in [7, 11) is 1.66. The van der Waals surface area contributed by atoms with E-state index in [2.05, 4.69) is 4.98 Å². The third-order valence-electron chi connectivity index (χ3n) is 2.63. The minimum absolute atomic E-state index is 0.193.